The number of esters is 1. The highest BCUT2D eigenvalue weighted by atomic mass is 16.8. The standard InChI is InChI=1S/C65H106O32/c1-25-36(70)41(75)47(81)54(88-25)96-52-51(95-56-49(83)44(78)39(73)30(21-68)91-56)32(93-55-48(82)43(77)38(72)29(20-67)90-55)23-87-58(52)94-35-11-12-61(4)33(62(35,5)24-69)10-13-64(7)34(61)9-8-26-27-18-60(2,3)14-16-65(27,17-15-63(26,64)6)59(85)97-57-50(84)45(79)40(74)31(92-57)22-86-53-46(80)42(76)37(71)28(19-66)89-53/h8,25,27-58,66-84H,9-24H2,1-7H3/t25-,27+,28-,29-,30-,31-,32-,33-,34+,35-,36+,37-,38-,39-,40-,41+,42-,43-,44-,45-,46-,47+,48-,49-,50-,51-,52-,53+,54-,55-,56-,57-,58+,61+,62+,63-,64-,65+/m1/s1. The number of carbonyl (C=O) groups is 1. The van der Waals surface area contributed by atoms with Crippen LogP contribution >= 0.6 is 0 Å². The summed E-state index contributed by atoms with van der Waals surface area (Å²) < 4.78 is 73.6. The molecule has 11 rings (SSSR count). The maximum Gasteiger partial charge on any atom is 0.315 e. The summed E-state index contributed by atoms with van der Waals surface area (Å²) >= 11 is 0. The Bertz CT molecular complexity index is 2710. The molecule has 6 aliphatic heterocycles. The van der Waals surface area contributed by atoms with Crippen molar-refractivity contribution in [3.63, 3.8) is 0 Å². The van der Waals surface area contributed by atoms with Crippen molar-refractivity contribution >= 4 is 5.97 Å². The molecule has 0 unspecified atom stereocenters. The van der Waals surface area contributed by atoms with Gasteiger partial charge in [-0.3, -0.25) is 4.79 Å². The van der Waals surface area contributed by atoms with Gasteiger partial charge in [0.25, 0.3) is 0 Å². The van der Waals surface area contributed by atoms with E-state index in [1.165, 1.54) is 6.92 Å². The van der Waals surface area contributed by atoms with Crippen molar-refractivity contribution in [3.05, 3.63) is 11.6 Å². The fraction of sp³-hybridized carbons (Fsp3) is 0.954. The summed E-state index contributed by atoms with van der Waals surface area (Å²) in [5.74, 6) is -1.26. The lowest BCUT2D eigenvalue weighted by molar-refractivity contribution is -0.403. The zero-order valence-electron chi connectivity index (χ0n) is 55.7. The highest BCUT2D eigenvalue weighted by Crippen LogP contribution is 2.76. The maximum atomic E-state index is 15.3. The van der Waals surface area contributed by atoms with Gasteiger partial charge in [0, 0.05) is 5.41 Å². The van der Waals surface area contributed by atoms with E-state index in [2.05, 4.69) is 40.7 Å². The fourth-order valence-corrected chi connectivity index (χ4v) is 19.0. The number of allylic oxidation sites excluding steroid dienone is 2. The van der Waals surface area contributed by atoms with E-state index in [9.17, 15) is 97.0 Å². The van der Waals surface area contributed by atoms with E-state index >= 15 is 4.79 Å². The Morgan fingerprint density at radius 2 is 0.990 bits per heavy atom. The summed E-state index contributed by atoms with van der Waals surface area (Å²) in [6.45, 7) is 10.5. The lowest BCUT2D eigenvalue weighted by atomic mass is 9.33. The Kier molecular flexibility index (Phi) is 22.6. The number of carbonyl (C=O) groups excluding carboxylic acids is 1. The zero-order chi connectivity index (χ0) is 70.7. The molecule has 11 aliphatic rings. The summed E-state index contributed by atoms with van der Waals surface area (Å²) in [6.07, 6.45) is -43.6. The number of aliphatic hydroxyl groups excluding tert-OH is 19. The van der Waals surface area contributed by atoms with Crippen LogP contribution in [0.3, 0.4) is 0 Å². The molecule has 0 amide bonds. The molecule has 97 heavy (non-hydrogen) atoms. The van der Waals surface area contributed by atoms with Crippen molar-refractivity contribution < 1.29 is 159 Å². The van der Waals surface area contributed by atoms with Gasteiger partial charge in [-0.1, -0.05) is 53.2 Å². The first-order valence-electron chi connectivity index (χ1n) is 34.3. The van der Waals surface area contributed by atoms with Crippen LogP contribution in [0.25, 0.3) is 0 Å². The van der Waals surface area contributed by atoms with Crippen LogP contribution in [0, 0.1) is 50.2 Å². The third-order valence-corrected chi connectivity index (χ3v) is 25.4. The minimum atomic E-state index is -2.03. The van der Waals surface area contributed by atoms with Gasteiger partial charge >= 0.3 is 5.97 Å². The number of ether oxygens (including phenoxy) is 12. The molecule has 32 nitrogen and oxygen atoms in total. The van der Waals surface area contributed by atoms with Crippen molar-refractivity contribution in [2.45, 2.75) is 297 Å². The normalized spacial score (nSPS) is 54.7. The predicted molar refractivity (Wildman–Crippen MR) is 322 cm³/mol. The first kappa shape index (κ1) is 76.1. The quantitative estimate of drug-likeness (QED) is 0.0366. The molecule has 6 heterocycles. The van der Waals surface area contributed by atoms with Crippen molar-refractivity contribution in [3.8, 4) is 0 Å². The maximum absolute atomic E-state index is 15.3. The van der Waals surface area contributed by atoms with E-state index in [1.54, 1.807) is 0 Å². The van der Waals surface area contributed by atoms with E-state index in [0.717, 1.165) is 5.57 Å². The summed E-state index contributed by atoms with van der Waals surface area (Å²) in [5, 5.41) is 206. The van der Waals surface area contributed by atoms with Gasteiger partial charge in [0.1, 0.15) is 134 Å². The third kappa shape index (κ3) is 13.2. The van der Waals surface area contributed by atoms with Gasteiger partial charge in [0.2, 0.25) is 6.29 Å². The molecule has 19 N–H and O–H groups in total. The molecule has 0 radical (unpaired) electrons. The van der Waals surface area contributed by atoms with E-state index in [4.69, 9.17) is 56.8 Å². The Hall–Kier alpha value is -1.99. The molecule has 558 valence electrons. The Morgan fingerprint density at radius 3 is 1.57 bits per heavy atom. The van der Waals surface area contributed by atoms with Gasteiger partial charge in [0.15, 0.2) is 31.5 Å². The van der Waals surface area contributed by atoms with Crippen LogP contribution in [0.15, 0.2) is 11.6 Å². The monoisotopic (exact) mass is 1400 g/mol. The molecular weight excluding hydrogens is 1290 g/mol. The second kappa shape index (κ2) is 28.8. The first-order valence-corrected chi connectivity index (χ1v) is 34.3. The van der Waals surface area contributed by atoms with Crippen LogP contribution in [-0.2, 0) is 61.6 Å². The minimum Gasteiger partial charge on any atom is -0.432 e. The third-order valence-electron chi connectivity index (χ3n) is 25.4. The molecule has 5 aliphatic carbocycles. The van der Waals surface area contributed by atoms with Crippen molar-refractivity contribution in [1.82, 2.24) is 0 Å². The highest BCUT2D eigenvalue weighted by molar-refractivity contribution is 5.79. The van der Waals surface area contributed by atoms with Crippen LogP contribution in [0.4, 0.5) is 0 Å². The van der Waals surface area contributed by atoms with E-state index in [1.807, 2.05) is 6.92 Å². The number of rotatable bonds is 17. The summed E-state index contributed by atoms with van der Waals surface area (Å²) in [4.78, 5) is 15.3. The summed E-state index contributed by atoms with van der Waals surface area (Å²) in [5.41, 5.74) is -2.70. The number of hydrogen-bond acceptors (Lipinski definition) is 32. The molecule has 0 aromatic carbocycles. The van der Waals surface area contributed by atoms with Crippen molar-refractivity contribution in [2.75, 3.05) is 39.6 Å². The molecule has 38 atom stereocenters. The van der Waals surface area contributed by atoms with E-state index in [0.29, 0.717) is 64.2 Å². The van der Waals surface area contributed by atoms with Gasteiger partial charge in [-0.15, -0.1) is 0 Å². The summed E-state index contributed by atoms with van der Waals surface area (Å²) in [7, 11) is 0. The molecule has 4 saturated carbocycles. The zero-order valence-corrected chi connectivity index (χ0v) is 55.7. The van der Waals surface area contributed by atoms with Crippen LogP contribution in [-0.4, -0.2) is 327 Å². The van der Waals surface area contributed by atoms with Crippen molar-refractivity contribution in [2.24, 2.45) is 50.2 Å². The van der Waals surface area contributed by atoms with E-state index < -0.39 is 257 Å². The van der Waals surface area contributed by atoms with Crippen LogP contribution < -0.4 is 0 Å². The topological polar surface area (TPSA) is 512 Å². The molecule has 0 aromatic rings. The van der Waals surface area contributed by atoms with Gasteiger partial charge in [-0.25, -0.2) is 0 Å². The highest BCUT2D eigenvalue weighted by Gasteiger charge is 2.71. The Morgan fingerprint density at radius 1 is 0.495 bits per heavy atom. The van der Waals surface area contributed by atoms with Gasteiger partial charge in [0.05, 0.1) is 57.3 Å². The van der Waals surface area contributed by atoms with Gasteiger partial charge in [-0.2, -0.15) is 0 Å². The van der Waals surface area contributed by atoms with Crippen LogP contribution in [0.5, 0.6) is 0 Å². The molecular formula is C65H106O32. The largest absolute Gasteiger partial charge is 0.432 e. The number of fused-ring (bicyclic) bond motifs is 7. The molecule has 6 saturated heterocycles. The molecule has 32 heteroatoms. The second-order valence-electron chi connectivity index (χ2n) is 31.3. The first-order chi connectivity index (χ1) is 45.6. The van der Waals surface area contributed by atoms with E-state index in [-0.39, 0.29) is 23.2 Å². The average molecular weight is 1400 g/mol. The second-order valence-corrected chi connectivity index (χ2v) is 31.3. The smallest absolute Gasteiger partial charge is 0.315 e. The number of aliphatic hydroxyl groups is 19. The minimum absolute atomic E-state index is 0.0106. The molecule has 0 bridgehead atoms. The number of hydrogen-bond donors (Lipinski definition) is 19. The average Bonchev–Trinajstić information content (AvgIpc) is 0.676. The van der Waals surface area contributed by atoms with Gasteiger partial charge < -0.3 is 154 Å². The lowest BCUT2D eigenvalue weighted by Crippen LogP contribution is -2.68. The van der Waals surface area contributed by atoms with Crippen LogP contribution in [0.2, 0.25) is 0 Å². The Labute approximate surface area is 561 Å². The molecule has 10 fully saturated rings. The Balaban J connectivity index is 0.861. The lowest BCUT2D eigenvalue weighted by Gasteiger charge is -2.71. The fourth-order valence-electron chi connectivity index (χ4n) is 19.0. The molecule has 0 aromatic heterocycles. The van der Waals surface area contributed by atoms with Gasteiger partial charge in [-0.05, 0) is 111 Å². The summed E-state index contributed by atoms with van der Waals surface area (Å²) in [6, 6.07) is 0. The molecule has 0 spiro atoms. The van der Waals surface area contributed by atoms with Crippen molar-refractivity contribution in [1.29, 1.82) is 0 Å². The van der Waals surface area contributed by atoms with Crippen LogP contribution in [0.1, 0.15) is 113 Å². The predicted octanol–water partition coefficient (Wildman–Crippen LogP) is -5.75. The SMILES string of the molecule is C[C@H]1O[C@H](O[C@H]2[C@H](O[C@@H]3CC[C@@]4(C)[C@@H](CC[C@]5(C)[C@H]4CC=C4[C@@H]6CC(C)(C)CC[C@]6(C(=O)O[C@H]6O[C@H](CO[C@H]7O[C@H](CO)[C@@H](O)[C@@H](O)[C@H]7O)[C@@H](O)[C@@H](O)[C@H]6O)CC[C@]45C)[C@]3(C)CO)OC[C@@H](O[C@H]3O[C@H](CO)[C@@H](O)[C@@H](O)[C@H]3O)[C@H]2O[C@H]2O[C@H](CO)[C@@H](O)[C@@H](O)[C@H]2O)[C@@H](O)[C@@H](O)[C@H]1O.